The smallest absolute Gasteiger partial charge is 0.265 e. The Kier molecular flexibility index (Phi) is 6.23. The maximum absolute atomic E-state index is 12.2. The van der Waals surface area contributed by atoms with Crippen LogP contribution in [0.1, 0.15) is 54.6 Å². The molecule has 0 spiro atoms. The minimum absolute atomic E-state index is 0.0484. The van der Waals surface area contributed by atoms with Gasteiger partial charge in [0, 0.05) is 17.8 Å². The van der Waals surface area contributed by atoms with Crippen LogP contribution >= 0.6 is 11.3 Å². The SMILES string of the molecule is O=C(CCC1CCCCC1)Nc1cccc(NC(=O)c2cccs2)c1. The number of thiophene rings is 1. The third-order valence-corrected chi connectivity index (χ3v) is 5.52. The molecule has 1 heterocycles. The van der Waals surface area contributed by atoms with Crippen LogP contribution in [-0.2, 0) is 4.79 Å². The third kappa shape index (κ3) is 5.43. The fourth-order valence-corrected chi connectivity index (χ4v) is 3.93. The van der Waals surface area contributed by atoms with Crippen LogP contribution in [0.2, 0.25) is 0 Å². The Morgan fingerprint density at radius 3 is 2.48 bits per heavy atom. The molecular weight excluding hydrogens is 332 g/mol. The van der Waals surface area contributed by atoms with Crippen molar-refractivity contribution in [3.05, 3.63) is 46.7 Å². The lowest BCUT2D eigenvalue weighted by Gasteiger charge is -2.21. The van der Waals surface area contributed by atoms with E-state index in [9.17, 15) is 9.59 Å². The molecule has 0 unspecified atom stereocenters. The van der Waals surface area contributed by atoms with Gasteiger partial charge in [0.2, 0.25) is 5.91 Å². The lowest BCUT2D eigenvalue weighted by Crippen LogP contribution is -2.15. The molecule has 4 nitrogen and oxygen atoms in total. The van der Waals surface area contributed by atoms with Crippen LogP contribution in [0.3, 0.4) is 0 Å². The second-order valence-corrected chi connectivity index (χ2v) is 7.55. The van der Waals surface area contributed by atoms with Gasteiger partial charge in [-0.3, -0.25) is 9.59 Å². The van der Waals surface area contributed by atoms with Crippen molar-refractivity contribution < 1.29 is 9.59 Å². The Hall–Kier alpha value is -2.14. The van der Waals surface area contributed by atoms with Crippen molar-refractivity contribution in [3.8, 4) is 0 Å². The first-order valence-corrected chi connectivity index (χ1v) is 9.83. The highest BCUT2D eigenvalue weighted by Gasteiger charge is 2.15. The average Bonchev–Trinajstić information content (AvgIpc) is 3.16. The highest BCUT2D eigenvalue weighted by Crippen LogP contribution is 2.27. The molecular formula is C20H24N2O2S. The predicted molar refractivity (Wildman–Crippen MR) is 103 cm³/mol. The Morgan fingerprint density at radius 1 is 1.00 bits per heavy atom. The van der Waals surface area contributed by atoms with Gasteiger partial charge in [-0.1, -0.05) is 44.2 Å². The number of rotatable bonds is 6. The van der Waals surface area contributed by atoms with Gasteiger partial charge in [-0.2, -0.15) is 0 Å². The molecule has 2 amide bonds. The van der Waals surface area contributed by atoms with E-state index in [2.05, 4.69) is 10.6 Å². The number of carbonyl (C=O) groups excluding carboxylic acids is 2. The molecule has 5 heteroatoms. The van der Waals surface area contributed by atoms with Crippen molar-refractivity contribution in [2.24, 2.45) is 5.92 Å². The summed E-state index contributed by atoms with van der Waals surface area (Å²) in [4.78, 5) is 24.9. The predicted octanol–water partition coefficient (Wildman–Crippen LogP) is 5.30. The number of amides is 2. The summed E-state index contributed by atoms with van der Waals surface area (Å²) in [5.74, 6) is 0.624. The van der Waals surface area contributed by atoms with E-state index in [1.54, 1.807) is 12.1 Å². The van der Waals surface area contributed by atoms with E-state index in [0.717, 1.165) is 12.1 Å². The zero-order valence-electron chi connectivity index (χ0n) is 14.3. The molecule has 1 saturated carbocycles. The van der Waals surface area contributed by atoms with E-state index in [0.29, 0.717) is 22.9 Å². The molecule has 25 heavy (non-hydrogen) atoms. The summed E-state index contributed by atoms with van der Waals surface area (Å²) < 4.78 is 0. The molecule has 1 aromatic carbocycles. The number of benzene rings is 1. The summed E-state index contributed by atoms with van der Waals surface area (Å²) in [7, 11) is 0. The lowest BCUT2D eigenvalue weighted by atomic mass is 9.86. The largest absolute Gasteiger partial charge is 0.326 e. The van der Waals surface area contributed by atoms with Gasteiger partial charge in [0.1, 0.15) is 0 Å². The lowest BCUT2D eigenvalue weighted by molar-refractivity contribution is -0.116. The Bertz CT molecular complexity index is 706. The molecule has 1 aliphatic rings. The summed E-state index contributed by atoms with van der Waals surface area (Å²) >= 11 is 1.40. The normalized spacial score (nSPS) is 14.9. The maximum Gasteiger partial charge on any atom is 0.265 e. The Morgan fingerprint density at radius 2 is 1.76 bits per heavy atom. The quantitative estimate of drug-likeness (QED) is 0.738. The molecule has 0 saturated heterocycles. The molecule has 1 aliphatic carbocycles. The highest BCUT2D eigenvalue weighted by atomic mass is 32.1. The monoisotopic (exact) mass is 356 g/mol. The van der Waals surface area contributed by atoms with Crippen LogP contribution in [0.15, 0.2) is 41.8 Å². The van der Waals surface area contributed by atoms with Crippen molar-refractivity contribution in [2.75, 3.05) is 10.6 Å². The minimum atomic E-state index is -0.129. The summed E-state index contributed by atoms with van der Waals surface area (Å²) in [6.45, 7) is 0. The standard InChI is InChI=1S/C20H24N2O2S/c23-19(12-11-15-6-2-1-3-7-15)21-16-8-4-9-17(14-16)22-20(24)18-10-5-13-25-18/h4-5,8-10,13-15H,1-3,6-7,11-12H2,(H,21,23)(H,22,24). The van der Waals surface area contributed by atoms with Gasteiger partial charge in [0.15, 0.2) is 0 Å². The van der Waals surface area contributed by atoms with Crippen LogP contribution in [0, 0.1) is 5.92 Å². The summed E-state index contributed by atoms with van der Waals surface area (Å²) in [6.07, 6.45) is 8.01. The maximum atomic E-state index is 12.2. The molecule has 2 N–H and O–H groups in total. The number of nitrogens with one attached hydrogen (secondary N) is 2. The van der Waals surface area contributed by atoms with Gasteiger partial charge in [-0.25, -0.2) is 0 Å². The van der Waals surface area contributed by atoms with E-state index < -0.39 is 0 Å². The zero-order chi connectivity index (χ0) is 17.5. The Labute approximate surface area is 152 Å². The molecule has 3 rings (SSSR count). The van der Waals surface area contributed by atoms with Crippen LogP contribution < -0.4 is 10.6 Å². The van der Waals surface area contributed by atoms with E-state index in [1.165, 1.54) is 43.4 Å². The number of hydrogen-bond acceptors (Lipinski definition) is 3. The van der Waals surface area contributed by atoms with Crippen LogP contribution in [0.25, 0.3) is 0 Å². The van der Waals surface area contributed by atoms with Crippen LogP contribution in [0.4, 0.5) is 11.4 Å². The summed E-state index contributed by atoms with van der Waals surface area (Å²) in [6, 6.07) is 10.9. The van der Waals surface area contributed by atoms with Gasteiger partial charge in [0.25, 0.3) is 5.91 Å². The van der Waals surface area contributed by atoms with Gasteiger partial charge in [0.05, 0.1) is 4.88 Å². The van der Waals surface area contributed by atoms with Gasteiger partial charge < -0.3 is 10.6 Å². The molecule has 1 aromatic heterocycles. The van der Waals surface area contributed by atoms with Gasteiger partial charge in [-0.15, -0.1) is 11.3 Å². The first kappa shape index (κ1) is 17.7. The molecule has 2 aromatic rings. The molecule has 132 valence electrons. The molecule has 0 aliphatic heterocycles. The molecule has 0 radical (unpaired) electrons. The molecule has 1 fully saturated rings. The Balaban J connectivity index is 1.50. The van der Waals surface area contributed by atoms with Crippen molar-refractivity contribution in [2.45, 2.75) is 44.9 Å². The van der Waals surface area contributed by atoms with Crippen molar-refractivity contribution in [1.29, 1.82) is 0 Å². The van der Waals surface area contributed by atoms with E-state index >= 15 is 0 Å². The zero-order valence-corrected chi connectivity index (χ0v) is 15.1. The van der Waals surface area contributed by atoms with E-state index in [-0.39, 0.29) is 11.8 Å². The van der Waals surface area contributed by atoms with Crippen molar-refractivity contribution >= 4 is 34.5 Å². The second kappa shape index (κ2) is 8.81. The topological polar surface area (TPSA) is 58.2 Å². The minimum Gasteiger partial charge on any atom is -0.326 e. The van der Waals surface area contributed by atoms with Crippen molar-refractivity contribution in [1.82, 2.24) is 0 Å². The van der Waals surface area contributed by atoms with Gasteiger partial charge >= 0.3 is 0 Å². The van der Waals surface area contributed by atoms with Crippen LogP contribution in [0.5, 0.6) is 0 Å². The van der Waals surface area contributed by atoms with E-state index in [4.69, 9.17) is 0 Å². The summed E-state index contributed by atoms with van der Waals surface area (Å²) in [5.41, 5.74) is 1.40. The molecule has 0 bridgehead atoms. The first-order valence-electron chi connectivity index (χ1n) is 8.95. The fourth-order valence-electron chi connectivity index (χ4n) is 3.31. The van der Waals surface area contributed by atoms with E-state index in [1.807, 2.05) is 29.6 Å². The van der Waals surface area contributed by atoms with Crippen LogP contribution in [-0.4, -0.2) is 11.8 Å². The van der Waals surface area contributed by atoms with Gasteiger partial charge in [-0.05, 0) is 42.0 Å². The van der Waals surface area contributed by atoms with Crippen molar-refractivity contribution in [3.63, 3.8) is 0 Å². The number of anilines is 2. The third-order valence-electron chi connectivity index (χ3n) is 4.65. The summed E-state index contributed by atoms with van der Waals surface area (Å²) in [5, 5.41) is 7.68. The molecule has 0 atom stereocenters. The fraction of sp³-hybridized carbons (Fsp3) is 0.400. The second-order valence-electron chi connectivity index (χ2n) is 6.60. The average molecular weight is 356 g/mol. The number of carbonyl (C=O) groups is 2. The first-order chi connectivity index (χ1) is 12.2. The number of hydrogen-bond donors (Lipinski definition) is 2. The highest BCUT2D eigenvalue weighted by molar-refractivity contribution is 7.12.